The van der Waals surface area contributed by atoms with Crippen LogP contribution < -0.4 is 5.32 Å². The number of halogens is 7. The zero-order chi connectivity index (χ0) is 26.7. The minimum Gasteiger partial charge on any atom is -0.347 e. The van der Waals surface area contributed by atoms with E-state index in [1.807, 2.05) is 0 Å². The Balaban J connectivity index is 1.40. The Morgan fingerprint density at radius 2 is 1.70 bits per heavy atom. The van der Waals surface area contributed by atoms with Crippen molar-refractivity contribution in [2.24, 2.45) is 11.8 Å². The third-order valence-corrected chi connectivity index (χ3v) is 6.81. The SMILES string of the molecule is O=C(N[C@@H](c1ccc(C(F)(F)F)cc1F)C1CC1)[C@H]1C[C@H]2C#C[C@H]2N1C(=O)c1cncc(C(F)(F)F)c1. The number of benzene rings is 1. The molecule has 0 unspecified atom stereocenters. The molecule has 2 aromatic rings. The average molecular weight is 525 g/mol. The van der Waals surface area contributed by atoms with Gasteiger partial charge in [-0.05, 0) is 43.4 Å². The normalized spacial score (nSPS) is 23.4. The van der Waals surface area contributed by atoms with E-state index in [1.165, 1.54) is 0 Å². The van der Waals surface area contributed by atoms with Crippen LogP contribution in [-0.2, 0) is 17.1 Å². The molecule has 0 radical (unpaired) electrons. The highest BCUT2D eigenvalue weighted by Crippen LogP contribution is 2.43. The van der Waals surface area contributed by atoms with E-state index in [2.05, 4.69) is 22.1 Å². The molecule has 1 aromatic heterocycles. The quantitative estimate of drug-likeness (QED) is 0.453. The topological polar surface area (TPSA) is 62.3 Å². The molecule has 37 heavy (non-hydrogen) atoms. The van der Waals surface area contributed by atoms with Crippen molar-refractivity contribution in [3.63, 3.8) is 0 Å². The molecule has 5 rings (SSSR count). The Morgan fingerprint density at radius 3 is 2.27 bits per heavy atom. The molecule has 2 fully saturated rings. The van der Waals surface area contributed by atoms with Crippen LogP contribution in [0.3, 0.4) is 0 Å². The number of aromatic nitrogens is 1. The Kier molecular flexibility index (Phi) is 5.92. The van der Waals surface area contributed by atoms with Gasteiger partial charge in [-0.3, -0.25) is 14.6 Å². The number of pyridine rings is 1. The molecule has 194 valence electrons. The molecule has 1 N–H and O–H groups in total. The number of hydrogen-bond donors (Lipinski definition) is 1. The standard InChI is InChI=1S/C25H18F7N3O2/c26-18-9-15(24(27,28)29)4-5-17(18)21(12-1-2-12)34-22(36)20-8-13-3-6-19(13)35(20)23(37)14-7-16(11-33-10-14)25(30,31)32/h4-5,7,9-13,19-21H,1-2,8H2,(H,34,36)/t13-,19-,20-,21-/m1/s1. The molecule has 2 aliphatic carbocycles. The van der Waals surface area contributed by atoms with Crippen molar-refractivity contribution < 1.29 is 40.3 Å². The van der Waals surface area contributed by atoms with E-state index in [9.17, 15) is 40.3 Å². The van der Waals surface area contributed by atoms with Gasteiger partial charge in [-0.25, -0.2) is 4.39 Å². The predicted molar refractivity (Wildman–Crippen MR) is 114 cm³/mol. The summed E-state index contributed by atoms with van der Waals surface area (Å²) in [5.74, 6) is 2.34. The zero-order valence-corrected chi connectivity index (χ0v) is 18.8. The van der Waals surface area contributed by atoms with Gasteiger partial charge in [0, 0.05) is 18.0 Å². The van der Waals surface area contributed by atoms with Crippen LogP contribution in [0.25, 0.3) is 0 Å². The molecule has 12 heteroatoms. The van der Waals surface area contributed by atoms with Crippen LogP contribution in [0.2, 0.25) is 0 Å². The number of amides is 2. The Morgan fingerprint density at radius 1 is 1.00 bits per heavy atom. The summed E-state index contributed by atoms with van der Waals surface area (Å²) in [7, 11) is 0. The van der Waals surface area contributed by atoms with Gasteiger partial charge in [-0.1, -0.05) is 17.9 Å². The lowest BCUT2D eigenvalue weighted by Gasteiger charge is -2.30. The van der Waals surface area contributed by atoms with Gasteiger partial charge in [0.2, 0.25) is 5.91 Å². The monoisotopic (exact) mass is 525 g/mol. The summed E-state index contributed by atoms with van der Waals surface area (Å²) in [5.41, 5.74) is -2.76. The summed E-state index contributed by atoms with van der Waals surface area (Å²) in [6, 6.07) is 0.00484. The molecule has 0 spiro atoms. The van der Waals surface area contributed by atoms with Crippen LogP contribution in [0.5, 0.6) is 0 Å². The molecule has 5 nitrogen and oxygen atoms in total. The van der Waals surface area contributed by atoms with Crippen LogP contribution >= 0.6 is 0 Å². The summed E-state index contributed by atoms with van der Waals surface area (Å²) in [6.45, 7) is 0. The molecular weight excluding hydrogens is 507 g/mol. The fraction of sp³-hybridized carbons (Fsp3) is 0.400. The number of nitrogens with zero attached hydrogens (tertiary/aromatic N) is 2. The molecule has 2 amide bonds. The van der Waals surface area contributed by atoms with Gasteiger partial charge < -0.3 is 10.2 Å². The molecule has 1 saturated heterocycles. The fourth-order valence-electron chi connectivity index (χ4n) is 4.72. The van der Waals surface area contributed by atoms with Crippen molar-refractivity contribution in [3.8, 4) is 11.8 Å². The Bertz CT molecular complexity index is 1320. The maximum Gasteiger partial charge on any atom is 0.417 e. The summed E-state index contributed by atoms with van der Waals surface area (Å²) in [4.78, 5) is 31.2. The highest BCUT2D eigenvalue weighted by Gasteiger charge is 2.50. The van der Waals surface area contributed by atoms with Crippen molar-refractivity contribution in [1.29, 1.82) is 0 Å². The molecule has 1 aliphatic heterocycles. The van der Waals surface area contributed by atoms with Crippen molar-refractivity contribution in [3.05, 3.63) is 64.7 Å². The molecule has 3 aliphatic rings. The minimum atomic E-state index is -4.74. The van der Waals surface area contributed by atoms with E-state index < -0.39 is 59.2 Å². The maximum atomic E-state index is 14.7. The summed E-state index contributed by atoms with van der Waals surface area (Å²) in [5, 5.41) is 2.67. The van der Waals surface area contributed by atoms with E-state index in [1.54, 1.807) is 0 Å². The number of hydrogen-bond acceptors (Lipinski definition) is 3. The second-order valence-electron chi connectivity index (χ2n) is 9.32. The maximum absolute atomic E-state index is 14.7. The molecule has 4 atom stereocenters. The molecule has 1 aromatic carbocycles. The zero-order valence-electron chi connectivity index (χ0n) is 18.8. The van der Waals surface area contributed by atoms with E-state index in [-0.39, 0.29) is 29.4 Å². The highest BCUT2D eigenvalue weighted by atomic mass is 19.4. The van der Waals surface area contributed by atoms with E-state index in [0.717, 1.165) is 23.2 Å². The number of carbonyl (C=O) groups is 2. The van der Waals surface area contributed by atoms with Crippen molar-refractivity contribution >= 4 is 11.8 Å². The first kappa shape index (κ1) is 25.0. The van der Waals surface area contributed by atoms with Crippen LogP contribution in [0.4, 0.5) is 30.7 Å². The predicted octanol–water partition coefficient (Wildman–Crippen LogP) is 4.74. The van der Waals surface area contributed by atoms with Gasteiger partial charge >= 0.3 is 12.4 Å². The van der Waals surface area contributed by atoms with Gasteiger partial charge in [0.25, 0.3) is 5.91 Å². The van der Waals surface area contributed by atoms with Gasteiger partial charge in [-0.15, -0.1) is 0 Å². The number of nitrogens with one attached hydrogen (secondary N) is 1. The first-order valence-corrected chi connectivity index (χ1v) is 11.4. The Labute approximate surface area is 206 Å². The van der Waals surface area contributed by atoms with Crippen molar-refractivity contribution in [2.75, 3.05) is 0 Å². The number of fused-ring (bicyclic) bond motifs is 1. The van der Waals surface area contributed by atoms with Gasteiger partial charge in [0.15, 0.2) is 0 Å². The molecule has 2 heterocycles. The first-order valence-electron chi connectivity index (χ1n) is 11.4. The largest absolute Gasteiger partial charge is 0.417 e. The van der Waals surface area contributed by atoms with Crippen LogP contribution in [-0.4, -0.2) is 33.8 Å². The summed E-state index contributed by atoms with van der Waals surface area (Å²) >= 11 is 0. The minimum absolute atomic E-state index is 0.110. The number of carbonyl (C=O) groups excluding carboxylic acids is 2. The van der Waals surface area contributed by atoms with Crippen LogP contribution in [0.1, 0.15) is 52.4 Å². The first-order chi connectivity index (χ1) is 17.3. The van der Waals surface area contributed by atoms with Gasteiger partial charge in [-0.2, -0.15) is 26.3 Å². The number of rotatable bonds is 5. The fourth-order valence-corrected chi connectivity index (χ4v) is 4.72. The number of alkyl halides is 6. The van der Waals surface area contributed by atoms with Crippen molar-refractivity contribution in [1.82, 2.24) is 15.2 Å². The van der Waals surface area contributed by atoms with Crippen LogP contribution in [0, 0.1) is 29.5 Å². The smallest absolute Gasteiger partial charge is 0.347 e. The third-order valence-electron chi connectivity index (χ3n) is 6.81. The van der Waals surface area contributed by atoms with Crippen LogP contribution in [0.15, 0.2) is 36.7 Å². The highest BCUT2D eigenvalue weighted by molar-refractivity contribution is 5.99. The lowest BCUT2D eigenvalue weighted by molar-refractivity contribution is -0.138. The summed E-state index contributed by atoms with van der Waals surface area (Å²) in [6.07, 6.45) is -6.57. The number of likely N-dealkylation sites (tertiary alicyclic amines) is 1. The van der Waals surface area contributed by atoms with E-state index >= 15 is 0 Å². The van der Waals surface area contributed by atoms with Gasteiger partial charge in [0.05, 0.1) is 28.7 Å². The third kappa shape index (κ3) is 4.74. The second-order valence-corrected chi connectivity index (χ2v) is 9.32. The second kappa shape index (κ2) is 8.75. The summed E-state index contributed by atoms with van der Waals surface area (Å²) < 4.78 is 93.0. The molecule has 1 saturated carbocycles. The average Bonchev–Trinajstić information content (AvgIpc) is 3.61. The van der Waals surface area contributed by atoms with Gasteiger partial charge in [0.1, 0.15) is 17.9 Å². The van der Waals surface area contributed by atoms with E-state index in [0.29, 0.717) is 31.2 Å². The van der Waals surface area contributed by atoms with Crippen molar-refractivity contribution in [2.45, 2.75) is 49.7 Å². The van der Waals surface area contributed by atoms with E-state index in [4.69, 9.17) is 0 Å². The molecule has 0 bridgehead atoms. The Hall–Kier alpha value is -3.62. The lowest BCUT2D eigenvalue weighted by atomic mass is 9.92. The lowest BCUT2D eigenvalue weighted by Crippen LogP contribution is -2.50. The molecular formula is C25H18F7N3O2.